The largest absolute Gasteiger partial charge is 0.305 e. The molecule has 10 unspecified atom stereocenters. The number of Topliss-reactive ketones (excluding diaryl/α,β-unsaturated/α-hetero) is 10. The molecule has 0 aromatic carbocycles. The van der Waals surface area contributed by atoms with Gasteiger partial charge in [0.2, 0.25) is 0 Å². The van der Waals surface area contributed by atoms with Crippen LogP contribution in [0.25, 0.3) is 0 Å². The highest BCUT2D eigenvalue weighted by Gasteiger charge is 2.31. The lowest BCUT2D eigenvalue weighted by Gasteiger charge is -2.24. The molecule has 20 nitrogen and oxygen atoms in total. The third kappa shape index (κ3) is 70.4. The SMILES string of the molecule is CC(C)NC(CCCSCCC(NC(C)C)C(=O)C(C)C)C(=O)C(C)C.CC(C)NC(CCCSCCCC(NC(C)C)C(=O)C(C)C)C(=O)C(C)C.CC(C)NC(CCSCC(NC(C)C)C(=O)C(C)C)C(=O)C(C)C.CC(C)NC(CCSCCC(NC(C)C)C(=O)C(C)C)C(=O)C(C)C.CC(C)NC(CSCC(NC(C)C)C(=O)C(C)C)C(=O)C(C)C. The van der Waals surface area contributed by atoms with Gasteiger partial charge in [0.25, 0.3) is 0 Å². The molecule has 0 saturated carbocycles. The predicted octanol–water partition coefficient (Wildman–Crippen LogP) is 18.4. The maximum atomic E-state index is 12.3. The minimum Gasteiger partial charge on any atom is -0.305 e. The molecule has 0 heterocycles. The number of hydrogen-bond donors (Lipinski definition) is 10. The molecule has 0 aliphatic heterocycles. The highest BCUT2D eigenvalue weighted by Crippen LogP contribution is 2.21. The van der Waals surface area contributed by atoms with E-state index < -0.39 is 0 Å². The quantitative estimate of drug-likeness (QED) is 0.0253. The Balaban J connectivity index is -0.000000480. The van der Waals surface area contributed by atoms with Gasteiger partial charge in [-0.25, -0.2) is 0 Å². The fourth-order valence-electron chi connectivity index (χ4n) is 13.6. The van der Waals surface area contributed by atoms with Gasteiger partial charge in [0, 0.05) is 137 Å². The number of rotatable bonds is 70. The molecule has 0 spiro atoms. The Kier molecular flexibility index (Phi) is 80.3. The Morgan fingerprint density at radius 2 is 0.272 bits per heavy atom. The average Bonchev–Trinajstić information content (AvgIpc) is 0.887. The molecule has 0 aliphatic carbocycles. The first-order valence-corrected chi connectivity index (χ1v) is 54.4. The normalized spacial score (nSPS) is 14.6. The predicted molar refractivity (Wildman–Crippen MR) is 552 cm³/mol. The van der Waals surface area contributed by atoms with Crippen LogP contribution in [0.5, 0.6) is 0 Å². The zero-order valence-corrected chi connectivity index (χ0v) is 91.7. The highest BCUT2D eigenvalue weighted by atomic mass is 32.2. The molecule has 0 amide bonds. The lowest BCUT2D eigenvalue weighted by molar-refractivity contribution is -0.125. The van der Waals surface area contributed by atoms with Crippen molar-refractivity contribution in [3.05, 3.63) is 0 Å². The fourth-order valence-corrected chi connectivity index (χ4v) is 18.7. The van der Waals surface area contributed by atoms with Crippen molar-refractivity contribution in [1.29, 1.82) is 0 Å². The van der Waals surface area contributed by atoms with Crippen molar-refractivity contribution < 1.29 is 47.9 Å². The lowest BCUT2D eigenvalue weighted by Crippen LogP contribution is -2.46. The van der Waals surface area contributed by atoms with Crippen LogP contribution in [0.15, 0.2) is 0 Å². The van der Waals surface area contributed by atoms with Gasteiger partial charge in [-0.15, -0.1) is 0 Å². The van der Waals surface area contributed by atoms with E-state index in [1.165, 1.54) is 0 Å². The smallest absolute Gasteiger partial charge is 0.153 e. The van der Waals surface area contributed by atoms with Crippen molar-refractivity contribution in [2.24, 2.45) is 59.2 Å². The number of carbonyl (C=O) groups is 10. The molecule has 0 aromatic heterocycles. The van der Waals surface area contributed by atoms with E-state index in [-0.39, 0.29) is 161 Å². The molecule has 0 aliphatic rings. The maximum Gasteiger partial charge on any atom is 0.153 e. The van der Waals surface area contributed by atoms with E-state index in [0.717, 1.165) is 110 Å². The van der Waals surface area contributed by atoms with Crippen molar-refractivity contribution in [3.63, 3.8) is 0 Å². The summed E-state index contributed by atoms with van der Waals surface area (Å²) in [5.41, 5.74) is 0. The zero-order valence-electron chi connectivity index (χ0n) is 87.6. The molecule has 125 heavy (non-hydrogen) atoms. The summed E-state index contributed by atoms with van der Waals surface area (Å²) in [6, 6.07) is 2.31. The van der Waals surface area contributed by atoms with E-state index in [9.17, 15) is 47.9 Å². The van der Waals surface area contributed by atoms with Gasteiger partial charge >= 0.3 is 0 Å². The topological polar surface area (TPSA) is 291 Å². The molecule has 0 fully saturated rings. The summed E-state index contributed by atoms with van der Waals surface area (Å²) in [6.07, 6.45) is 9.20. The second-order valence-corrected chi connectivity index (χ2v) is 46.2. The first kappa shape index (κ1) is 132. The minimum absolute atomic E-state index is 0.0196. The van der Waals surface area contributed by atoms with Crippen LogP contribution < -0.4 is 53.2 Å². The van der Waals surface area contributed by atoms with Crippen molar-refractivity contribution in [1.82, 2.24) is 53.2 Å². The number of nitrogens with one attached hydrogen (secondary N) is 10. The summed E-state index contributed by atoms with van der Waals surface area (Å²) >= 11 is 9.10. The van der Waals surface area contributed by atoms with Crippen molar-refractivity contribution in [3.8, 4) is 0 Å². The summed E-state index contributed by atoms with van der Waals surface area (Å²) in [4.78, 5) is 123. The monoisotopic (exact) mass is 1860 g/mol. The number of ketones is 10. The molecular weight excluding hydrogens is 1660 g/mol. The van der Waals surface area contributed by atoms with Gasteiger partial charge in [-0.1, -0.05) is 277 Å². The van der Waals surface area contributed by atoms with Gasteiger partial charge in [0.1, 0.15) is 0 Å². The van der Waals surface area contributed by atoms with Crippen molar-refractivity contribution >= 4 is 117 Å². The van der Waals surface area contributed by atoms with E-state index in [4.69, 9.17) is 0 Å². The second kappa shape index (κ2) is 76.3. The lowest BCUT2D eigenvalue weighted by atomic mass is 9.97. The Bertz CT molecular complexity index is 2650. The summed E-state index contributed by atoms with van der Waals surface area (Å²) in [5, 5.41) is 33.9. The molecule has 0 rings (SSSR count). The molecule has 25 heteroatoms. The fraction of sp³-hybridized carbons (Fsp3) is 0.900. The van der Waals surface area contributed by atoms with Crippen molar-refractivity contribution in [2.45, 2.75) is 462 Å². The van der Waals surface area contributed by atoms with Crippen LogP contribution in [0.1, 0.15) is 341 Å². The summed E-state index contributed by atoms with van der Waals surface area (Å²) in [6.45, 7) is 80.7. The van der Waals surface area contributed by atoms with Gasteiger partial charge in [-0.3, -0.25) is 47.9 Å². The first-order valence-electron chi connectivity index (χ1n) is 48.7. The van der Waals surface area contributed by atoms with E-state index in [2.05, 4.69) is 192 Å². The van der Waals surface area contributed by atoms with Gasteiger partial charge in [-0.2, -0.15) is 58.8 Å². The third-order valence-corrected chi connectivity index (χ3v) is 25.4. The van der Waals surface area contributed by atoms with E-state index in [1.807, 2.05) is 174 Å². The molecule has 0 aromatic rings. The van der Waals surface area contributed by atoms with E-state index in [1.54, 1.807) is 23.5 Å². The van der Waals surface area contributed by atoms with Crippen molar-refractivity contribution in [2.75, 3.05) is 57.5 Å². The molecule has 0 bridgehead atoms. The average molecular weight is 1860 g/mol. The minimum atomic E-state index is -0.145. The van der Waals surface area contributed by atoms with E-state index >= 15 is 0 Å². The van der Waals surface area contributed by atoms with Gasteiger partial charge in [0.15, 0.2) is 57.8 Å². The van der Waals surface area contributed by atoms with Crippen LogP contribution in [0.3, 0.4) is 0 Å². The molecule has 10 N–H and O–H groups in total. The van der Waals surface area contributed by atoms with Crippen LogP contribution >= 0.6 is 58.8 Å². The molecule has 740 valence electrons. The second-order valence-electron chi connectivity index (χ2n) is 40.3. The Labute approximate surface area is 791 Å². The van der Waals surface area contributed by atoms with Gasteiger partial charge in [0.05, 0.1) is 60.4 Å². The summed E-state index contributed by atoms with van der Waals surface area (Å²) in [5.74, 6) is 12.5. The number of hydrogen-bond acceptors (Lipinski definition) is 25. The summed E-state index contributed by atoms with van der Waals surface area (Å²) in [7, 11) is 0. The van der Waals surface area contributed by atoms with Gasteiger partial charge < -0.3 is 53.2 Å². The molecular formula is C100H200N10O10S5. The molecule has 0 saturated heterocycles. The summed E-state index contributed by atoms with van der Waals surface area (Å²) < 4.78 is 0. The maximum absolute atomic E-state index is 12.3. The Hall–Kier alpha value is -1.95. The molecule has 0 radical (unpaired) electrons. The Morgan fingerprint density at radius 1 is 0.152 bits per heavy atom. The van der Waals surface area contributed by atoms with Gasteiger partial charge in [-0.05, 0) is 104 Å². The zero-order chi connectivity index (χ0) is 97.8. The van der Waals surface area contributed by atoms with Crippen LogP contribution in [0, 0.1) is 59.2 Å². The number of thioether (sulfide) groups is 5. The van der Waals surface area contributed by atoms with Crippen LogP contribution in [0.4, 0.5) is 0 Å². The standard InChI is InChI=1S/C22H44N2O2S.C21H42N2O2S.C20H40N2O2S.C19H38N2O2S.C18H36N2O2S/c1-15(2)21(25)19(23-17(5)6)11-9-13-27-14-10-12-20(24-18(7)8)22(26)16(3)4;1-14(2)20(24)18(22-16(5)6)10-9-12-26-13-11-19(23-17(7)8)21(25)15(3)4;1-13(2)19(23)17(21-15(5)6)9-11-25-12-10-18(22-16(7)8)20(24)14(3)4;1-12(2)18(22)16(20-14(5)6)9-10-24-11-17(21-15(7)8)19(23)13(3)4;1-11(2)17(21)15(19-13(5)6)9-23-10-16(20-14(7)8)18(22)12(3)4/h15-20,23-24H,9-14H2,1-8H3;14-19,22-23H,9-13H2,1-8H3;13-18,21-22H,9-12H2,1-8H3;12-17,20-21H,9-11H2,1-8H3;11-16,19-20H,9-10H2,1-8H3. The molecule has 10 atom stereocenters. The Morgan fingerprint density at radius 3 is 0.432 bits per heavy atom. The first-order chi connectivity index (χ1) is 57.8. The number of carbonyl (C=O) groups excluding carboxylic acids is 10. The van der Waals surface area contributed by atoms with Crippen LogP contribution in [0.2, 0.25) is 0 Å². The van der Waals surface area contributed by atoms with E-state index in [0.29, 0.717) is 88.5 Å². The highest BCUT2D eigenvalue weighted by molar-refractivity contribution is 8.00. The third-order valence-electron chi connectivity index (χ3n) is 19.9. The van der Waals surface area contributed by atoms with Crippen LogP contribution in [-0.2, 0) is 47.9 Å². The van der Waals surface area contributed by atoms with Crippen LogP contribution in [-0.4, -0.2) is 236 Å².